The Hall–Kier alpha value is -3.21. The molecular weight excluding hydrogens is 444 g/mol. The maximum atomic E-state index is 12.0. The number of halogens is 1. The lowest BCUT2D eigenvalue weighted by Gasteiger charge is -2.26. The predicted octanol–water partition coefficient (Wildman–Crippen LogP) is 6.57. The van der Waals surface area contributed by atoms with E-state index in [1.165, 1.54) is 21.9 Å². The van der Waals surface area contributed by atoms with Gasteiger partial charge in [0, 0.05) is 35.4 Å². The van der Waals surface area contributed by atoms with Gasteiger partial charge in [-0.1, -0.05) is 60.1 Å². The fraction of sp³-hybridized carbons (Fsp3) is 0.241. The number of hydrogen-bond acceptors (Lipinski definition) is 4. The van der Waals surface area contributed by atoms with Crippen LogP contribution in [0.25, 0.3) is 10.8 Å². The monoisotopic (exact) mass is 472 g/mol. The van der Waals surface area contributed by atoms with Crippen LogP contribution in [0.3, 0.4) is 0 Å². The Morgan fingerprint density at radius 2 is 1.76 bits per heavy atom. The van der Waals surface area contributed by atoms with Crippen LogP contribution in [0.4, 0.5) is 0 Å². The van der Waals surface area contributed by atoms with Crippen LogP contribution in [-0.4, -0.2) is 23.6 Å². The lowest BCUT2D eigenvalue weighted by atomic mass is 9.87. The number of nitrogens with one attached hydrogen (secondary N) is 1. The second kappa shape index (κ2) is 11.3. The van der Waals surface area contributed by atoms with Gasteiger partial charge in [0.1, 0.15) is 0 Å². The third-order valence-corrected chi connectivity index (χ3v) is 6.36. The molecule has 0 spiro atoms. The third-order valence-electron chi connectivity index (χ3n) is 6.11. The van der Waals surface area contributed by atoms with Gasteiger partial charge in [0.25, 0.3) is 0 Å². The first-order valence-electron chi connectivity index (χ1n) is 11.6. The Bertz CT molecular complexity index is 1240. The Morgan fingerprint density at radius 3 is 2.47 bits per heavy atom. The standard InChI is InChI=1S/C29H29ClN2O2/c1-3-34-29(33)25-12-15-27(32-19-25)17-28(23-10-13-26(30)14-11-23)20(2)31-18-21-8-9-22-6-4-5-7-24(22)16-21/h4-16,19-20,28,31H,3,17-18H2,1-2H3. The number of pyridine rings is 1. The summed E-state index contributed by atoms with van der Waals surface area (Å²) in [5.41, 5.74) is 3.83. The smallest absolute Gasteiger partial charge is 0.339 e. The number of benzene rings is 3. The van der Waals surface area contributed by atoms with Crippen molar-refractivity contribution < 1.29 is 9.53 Å². The van der Waals surface area contributed by atoms with E-state index in [4.69, 9.17) is 16.3 Å². The number of ether oxygens (including phenoxy) is 1. The third kappa shape index (κ3) is 6.02. The average molecular weight is 473 g/mol. The highest BCUT2D eigenvalue weighted by Crippen LogP contribution is 2.26. The molecule has 1 N–H and O–H groups in total. The number of aromatic nitrogens is 1. The predicted molar refractivity (Wildman–Crippen MR) is 138 cm³/mol. The number of carbonyl (C=O) groups excluding carboxylic acids is 1. The van der Waals surface area contributed by atoms with Crippen LogP contribution in [0, 0.1) is 0 Å². The van der Waals surface area contributed by atoms with E-state index in [2.05, 4.69) is 71.8 Å². The van der Waals surface area contributed by atoms with E-state index in [9.17, 15) is 4.79 Å². The van der Waals surface area contributed by atoms with Gasteiger partial charge in [-0.2, -0.15) is 0 Å². The van der Waals surface area contributed by atoms with Crippen molar-refractivity contribution in [1.29, 1.82) is 0 Å². The molecule has 3 aromatic carbocycles. The molecule has 0 saturated carbocycles. The molecule has 4 aromatic rings. The van der Waals surface area contributed by atoms with Crippen LogP contribution in [-0.2, 0) is 17.7 Å². The number of hydrogen-bond donors (Lipinski definition) is 1. The maximum absolute atomic E-state index is 12.0. The van der Waals surface area contributed by atoms with Gasteiger partial charge in [-0.05, 0) is 72.5 Å². The summed E-state index contributed by atoms with van der Waals surface area (Å²) in [6.07, 6.45) is 2.33. The summed E-state index contributed by atoms with van der Waals surface area (Å²) in [4.78, 5) is 16.5. The van der Waals surface area contributed by atoms with Crippen molar-refractivity contribution in [2.24, 2.45) is 0 Å². The van der Waals surface area contributed by atoms with Crippen molar-refractivity contribution in [3.05, 3.63) is 112 Å². The van der Waals surface area contributed by atoms with E-state index in [0.717, 1.165) is 23.7 Å². The van der Waals surface area contributed by atoms with Crippen molar-refractivity contribution in [1.82, 2.24) is 10.3 Å². The zero-order chi connectivity index (χ0) is 23.9. The molecule has 4 nitrogen and oxygen atoms in total. The largest absolute Gasteiger partial charge is 0.462 e. The number of carbonyl (C=O) groups is 1. The molecule has 0 aliphatic heterocycles. The molecule has 0 aliphatic carbocycles. The number of rotatable bonds is 9. The van der Waals surface area contributed by atoms with Crippen molar-refractivity contribution in [3.63, 3.8) is 0 Å². The van der Waals surface area contributed by atoms with E-state index >= 15 is 0 Å². The van der Waals surface area contributed by atoms with Crippen molar-refractivity contribution >= 4 is 28.3 Å². The minimum absolute atomic E-state index is 0.179. The second-order valence-electron chi connectivity index (χ2n) is 8.47. The van der Waals surface area contributed by atoms with Crippen LogP contribution in [0.1, 0.15) is 46.9 Å². The van der Waals surface area contributed by atoms with Gasteiger partial charge in [-0.25, -0.2) is 4.79 Å². The first-order chi connectivity index (χ1) is 16.5. The average Bonchev–Trinajstić information content (AvgIpc) is 2.87. The van der Waals surface area contributed by atoms with Crippen LogP contribution in [0.15, 0.2) is 85.1 Å². The normalized spacial score (nSPS) is 12.9. The molecule has 174 valence electrons. The lowest BCUT2D eigenvalue weighted by Crippen LogP contribution is -2.33. The summed E-state index contributed by atoms with van der Waals surface area (Å²) in [5.74, 6) is -0.167. The highest BCUT2D eigenvalue weighted by atomic mass is 35.5. The van der Waals surface area contributed by atoms with E-state index in [1.807, 2.05) is 18.2 Å². The summed E-state index contributed by atoms with van der Waals surface area (Å²) >= 11 is 6.15. The van der Waals surface area contributed by atoms with Crippen LogP contribution >= 0.6 is 11.6 Å². The van der Waals surface area contributed by atoms with E-state index in [1.54, 1.807) is 19.2 Å². The van der Waals surface area contributed by atoms with Gasteiger partial charge in [0.05, 0.1) is 12.2 Å². The molecule has 0 amide bonds. The molecule has 0 radical (unpaired) electrons. The van der Waals surface area contributed by atoms with E-state index in [0.29, 0.717) is 12.2 Å². The van der Waals surface area contributed by atoms with E-state index < -0.39 is 0 Å². The fourth-order valence-corrected chi connectivity index (χ4v) is 4.29. The lowest BCUT2D eigenvalue weighted by molar-refractivity contribution is 0.0526. The van der Waals surface area contributed by atoms with Crippen molar-refractivity contribution in [2.75, 3.05) is 6.61 Å². The molecule has 34 heavy (non-hydrogen) atoms. The van der Waals surface area contributed by atoms with Crippen LogP contribution < -0.4 is 5.32 Å². The topological polar surface area (TPSA) is 51.2 Å². The number of esters is 1. The van der Waals surface area contributed by atoms with Crippen molar-refractivity contribution in [3.8, 4) is 0 Å². The van der Waals surface area contributed by atoms with Gasteiger partial charge in [-0.3, -0.25) is 4.98 Å². The molecule has 0 fully saturated rings. The number of fused-ring (bicyclic) bond motifs is 1. The van der Waals surface area contributed by atoms with Gasteiger partial charge < -0.3 is 10.1 Å². The molecule has 2 unspecified atom stereocenters. The second-order valence-corrected chi connectivity index (χ2v) is 8.91. The van der Waals surface area contributed by atoms with Crippen LogP contribution in [0.2, 0.25) is 5.02 Å². The summed E-state index contributed by atoms with van der Waals surface area (Å²) in [5, 5.41) is 6.92. The van der Waals surface area contributed by atoms with Gasteiger partial charge in [0.2, 0.25) is 0 Å². The fourth-order valence-electron chi connectivity index (χ4n) is 4.17. The zero-order valence-corrected chi connectivity index (χ0v) is 20.3. The first kappa shape index (κ1) is 23.9. The molecule has 5 heteroatoms. The SMILES string of the molecule is CCOC(=O)c1ccc(CC(c2ccc(Cl)cc2)C(C)NCc2ccc3ccccc3c2)nc1. The first-order valence-corrected chi connectivity index (χ1v) is 12.0. The maximum Gasteiger partial charge on any atom is 0.339 e. The van der Waals surface area contributed by atoms with Gasteiger partial charge >= 0.3 is 5.97 Å². The highest BCUT2D eigenvalue weighted by Gasteiger charge is 2.21. The summed E-state index contributed by atoms with van der Waals surface area (Å²) in [7, 11) is 0. The molecule has 1 aromatic heterocycles. The highest BCUT2D eigenvalue weighted by molar-refractivity contribution is 6.30. The quantitative estimate of drug-likeness (QED) is 0.280. The van der Waals surface area contributed by atoms with Crippen LogP contribution in [0.5, 0.6) is 0 Å². The Balaban J connectivity index is 1.50. The van der Waals surface area contributed by atoms with Crippen molar-refractivity contribution in [2.45, 2.75) is 38.8 Å². The van der Waals surface area contributed by atoms with Gasteiger partial charge in [-0.15, -0.1) is 0 Å². The minimum Gasteiger partial charge on any atom is -0.462 e. The number of nitrogens with zero attached hydrogens (tertiary/aromatic N) is 1. The molecule has 0 bridgehead atoms. The molecule has 0 saturated heterocycles. The molecule has 2 atom stereocenters. The minimum atomic E-state index is -0.346. The molecule has 1 heterocycles. The Labute approximate surface area is 205 Å². The summed E-state index contributed by atoms with van der Waals surface area (Å²) in [6.45, 7) is 5.11. The molecule has 0 aliphatic rings. The summed E-state index contributed by atoms with van der Waals surface area (Å²) < 4.78 is 5.07. The Morgan fingerprint density at radius 1 is 1.00 bits per heavy atom. The Kier molecular flexibility index (Phi) is 7.94. The zero-order valence-electron chi connectivity index (χ0n) is 19.5. The van der Waals surface area contributed by atoms with Gasteiger partial charge in [0.15, 0.2) is 0 Å². The molecular formula is C29H29ClN2O2. The molecule has 4 rings (SSSR count). The summed E-state index contributed by atoms with van der Waals surface area (Å²) in [6, 6.07) is 26.9. The van der Waals surface area contributed by atoms with E-state index in [-0.39, 0.29) is 17.9 Å².